The molecule has 18 heavy (non-hydrogen) atoms. The van der Waals surface area contributed by atoms with E-state index in [9.17, 15) is 4.79 Å². The third-order valence-electron chi connectivity index (χ3n) is 2.55. The molecule has 0 aliphatic heterocycles. The molecule has 0 fully saturated rings. The lowest BCUT2D eigenvalue weighted by Gasteiger charge is -2.12. The molecule has 5 heteroatoms. The standard InChI is InChI=1S/C13H21N3OS/c1-4-7-15-10(2)12-6-5-11(8-16-12)18-9-13(17)14-3/h5-6,8,10,15H,4,7,9H2,1-3H3,(H,14,17). The lowest BCUT2D eigenvalue weighted by molar-refractivity contribution is -0.118. The van der Waals surface area contributed by atoms with Crippen molar-refractivity contribution in [2.45, 2.75) is 31.2 Å². The maximum atomic E-state index is 11.1. The summed E-state index contributed by atoms with van der Waals surface area (Å²) >= 11 is 1.50. The van der Waals surface area contributed by atoms with Crippen LogP contribution >= 0.6 is 11.8 Å². The topological polar surface area (TPSA) is 54.0 Å². The quantitative estimate of drug-likeness (QED) is 0.742. The first-order valence-electron chi connectivity index (χ1n) is 6.20. The summed E-state index contributed by atoms with van der Waals surface area (Å²) in [7, 11) is 1.64. The second-order valence-corrected chi connectivity index (χ2v) is 5.11. The molecule has 0 aromatic carbocycles. The Morgan fingerprint density at radius 2 is 2.28 bits per heavy atom. The summed E-state index contributed by atoms with van der Waals surface area (Å²) in [5.74, 6) is 0.461. The van der Waals surface area contributed by atoms with Gasteiger partial charge in [0.25, 0.3) is 0 Å². The van der Waals surface area contributed by atoms with E-state index in [-0.39, 0.29) is 11.9 Å². The van der Waals surface area contributed by atoms with E-state index < -0.39 is 0 Å². The summed E-state index contributed by atoms with van der Waals surface area (Å²) in [5, 5.41) is 5.99. The number of amides is 1. The molecule has 100 valence electrons. The number of thioether (sulfide) groups is 1. The predicted octanol–water partition coefficient (Wildman–Crippen LogP) is 1.98. The first kappa shape index (κ1) is 15.0. The Labute approximate surface area is 113 Å². The van der Waals surface area contributed by atoms with Crippen LogP contribution in [-0.4, -0.2) is 30.2 Å². The van der Waals surface area contributed by atoms with Crippen molar-refractivity contribution >= 4 is 17.7 Å². The smallest absolute Gasteiger partial charge is 0.230 e. The van der Waals surface area contributed by atoms with Crippen molar-refractivity contribution in [2.75, 3.05) is 19.3 Å². The Morgan fingerprint density at radius 3 is 2.83 bits per heavy atom. The minimum Gasteiger partial charge on any atom is -0.358 e. The Kier molecular flexibility index (Phi) is 6.75. The fraction of sp³-hybridized carbons (Fsp3) is 0.538. The Bertz CT molecular complexity index is 367. The summed E-state index contributed by atoms with van der Waals surface area (Å²) < 4.78 is 0. The van der Waals surface area contributed by atoms with Gasteiger partial charge in [0.1, 0.15) is 0 Å². The lowest BCUT2D eigenvalue weighted by Crippen LogP contribution is -2.20. The number of nitrogens with one attached hydrogen (secondary N) is 2. The lowest BCUT2D eigenvalue weighted by atomic mass is 10.2. The van der Waals surface area contributed by atoms with Crippen molar-refractivity contribution < 1.29 is 4.79 Å². The van der Waals surface area contributed by atoms with Gasteiger partial charge in [-0.3, -0.25) is 9.78 Å². The highest BCUT2D eigenvalue weighted by Gasteiger charge is 2.06. The van der Waals surface area contributed by atoms with Gasteiger partial charge in [0.05, 0.1) is 11.4 Å². The zero-order valence-corrected chi connectivity index (χ0v) is 12.0. The zero-order valence-electron chi connectivity index (χ0n) is 11.2. The minimum atomic E-state index is 0.0297. The molecule has 2 N–H and O–H groups in total. The Balaban J connectivity index is 2.49. The number of hydrogen-bond acceptors (Lipinski definition) is 4. The van der Waals surface area contributed by atoms with E-state index in [0.29, 0.717) is 5.75 Å². The van der Waals surface area contributed by atoms with E-state index in [2.05, 4.69) is 29.5 Å². The van der Waals surface area contributed by atoms with Crippen molar-refractivity contribution in [3.63, 3.8) is 0 Å². The molecule has 0 aliphatic carbocycles. The number of carbonyl (C=O) groups is 1. The summed E-state index contributed by atoms with van der Waals surface area (Å²) in [6, 6.07) is 4.29. The van der Waals surface area contributed by atoms with E-state index >= 15 is 0 Å². The first-order chi connectivity index (χ1) is 8.67. The highest BCUT2D eigenvalue weighted by atomic mass is 32.2. The molecular weight excluding hydrogens is 246 g/mol. The molecule has 0 aliphatic rings. The fourth-order valence-electron chi connectivity index (χ4n) is 1.42. The van der Waals surface area contributed by atoms with Crippen LogP contribution in [0.15, 0.2) is 23.2 Å². The third-order valence-corrected chi connectivity index (χ3v) is 3.53. The second kappa shape index (κ2) is 8.11. The number of nitrogens with zero attached hydrogens (tertiary/aromatic N) is 1. The van der Waals surface area contributed by atoms with E-state index in [0.717, 1.165) is 23.6 Å². The van der Waals surface area contributed by atoms with Gasteiger partial charge >= 0.3 is 0 Å². The van der Waals surface area contributed by atoms with Crippen LogP contribution in [0.4, 0.5) is 0 Å². The molecule has 0 saturated heterocycles. The van der Waals surface area contributed by atoms with Crippen LogP contribution in [0.5, 0.6) is 0 Å². The molecule has 1 aromatic rings. The van der Waals surface area contributed by atoms with Crippen molar-refractivity contribution in [2.24, 2.45) is 0 Å². The van der Waals surface area contributed by atoms with Crippen LogP contribution in [0.3, 0.4) is 0 Å². The van der Waals surface area contributed by atoms with Gasteiger partial charge in [0.15, 0.2) is 0 Å². The van der Waals surface area contributed by atoms with Gasteiger partial charge in [-0.2, -0.15) is 0 Å². The fourth-order valence-corrected chi connectivity index (χ4v) is 2.15. The minimum absolute atomic E-state index is 0.0297. The SMILES string of the molecule is CCCNC(C)c1ccc(SCC(=O)NC)cn1. The molecule has 1 heterocycles. The van der Waals surface area contributed by atoms with Gasteiger partial charge in [-0.15, -0.1) is 11.8 Å². The Hall–Kier alpha value is -1.07. The van der Waals surface area contributed by atoms with Gasteiger partial charge in [-0.1, -0.05) is 6.92 Å². The van der Waals surface area contributed by atoms with Crippen LogP contribution in [0, 0.1) is 0 Å². The predicted molar refractivity (Wildman–Crippen MR) is 75.7 cm³/mol. The Morgan fingerprint density at radius 1 is 1.50 bits per heavy atom. The maximum absolute atomic E-state index is 11.1. The number of pyridine rings is 1. The van der Waals surface area contributed by atoms with Crippen LogP contribution in [0.1, 0.15) is 32.0 Å². The molecule has 1 unspecified atom stereocenters. The van der Waals surface area contributed by atoms with Crippen LogP contribution in [0.25, 0.3) is 0 Å². The second-order valence-electron chi connectivity index (χ2n) is 4.06. The van der Waals surface area contributed by atoms with Crippen LogP contribution in [-0.2, 0) is 4.79 Å². The molecule has 0 radical (unpaired) electrons. The zero-order chi connectivity index (χ0) is 13.4. The average molecular weight is 267 g/mol. The number of hydrogen-bond donors (Lipinski definition) is 2. The van der Waals surface area contributed by atoms with Gasteiger partial charge in [0.2, 0.25) is 5.91 Å². The number of carbonyl (C=O) groups excluding carboxylic acids is 1. The molecule has 0 saturated carbocycles. The van der Waals surface area contributed by atoms with Crippen LogP contribution < -0.4 is 10.6 Å². The van der Waals surface area contributed by atoms with E-state index in [4.69, 9.17) is 0 Å². The monoisotopic (exact) mass is 267 g/mol. The summed E-state index contributed by atoms with van der Waals surface area (Å²) in [5.41, 5.74) is 1.03. The molecule has 0 bridgehead atoms. The highest BCUT2D eigenvalue weighted by molar-refractivity contribution is 8.00. The molecule has 1 aromatic heterocycles. The number of rotatable bonds is 7. The summed E-state index contributed by atoms with van der Waals surface area (Å²) in [6.07, 6.45) is 2.94. The molecular formula is C13H21N3OS. The molecule has 0 spiro atoms. The molecule has 4 nitrogen and oxygen atoms in total. The normalized spacial score (nSPS) is 12.2. The van der Waals surface area contributed by atoms with E-state index in [1.165, 1.54) is 11.8 Å². The van der Waals surface area contributed by atoms with Crippen molar-refractivity contribution in [3.05, 3.63) is 24.0 Å². The van der Waals surface area contributed by atoms with Crippen LogP contribution in [0.2, 0.25) is 0 Å². The number of aromatic nitrogens is 1. The average Bonchev–Trinajstić information content (AvgIpc) is 2.42. The van der Waals surface area contributed by atoms with E-state index in [1.807, 2.05) is 18.3 Å². The largest absolute Gasteiger partial charge is 0.358 e. The van der Waals surface area contributed by atoms with Gasteiger partial charge < -0.3 is 10.6 Å². The van der Waals surface area contributed by atoms with Crippen molar-refractivity contribution in [3.8, 4) is 0 Å². The summed E-state index contributed by atoms with van der Waals surface area (Å²) in [4.78, 5) is 16.6. The molecule has 1 amide bonds. The van der Waals surface area contributed by atoms with Gasteiger partial charge in [-0.05, 0) is 32.0 Å². The highest BCUT2D eigenvalue weighted by Crippen LogP contribution is 2.18. The molecule has 1 atom stereocenters. The molecule has 1 rings (SSSR count). The van der Waals surface area contributed by atoms with Gasteiger partial charge in [-0.25, -0.2) is 0 Å². The van der Waals surface area contributed by atoms with Crippen molar-refractivity contribution in [1.29, 1.82) is 0 Å². The van der Waals surface area contributed by atoms with Crippen molar-refractivity contribution in [1.82, 2.24) is 15.6 Å². The summed E-state index contributed by atoms with van der Waals surface area (Å²) in [6.45, 7) is 5.25. The first-order valence-corrected chi connectivity index (χ1v) is 7.18. The maximum Gasteiger partial charge on any atom is 0.230 e. The van der Waals surface area contributed by atoms with E-state index in [1.54, 1.807) is 7.05 Å². The third kappa shape index (κ3) is 5.06. The van der Waals surface area contributed by atoms with Gasteiger partial charge in [0, 0.05) is 24.2 Å².